The Kier molecular flexibility index (Phi) is 3.23. The lowest BCUT2D eigenvalue weighted by Gasteiger charge is -2.15. The summed E-state index contributed by atoms with van der Waals surface area (Å²) in [5.41, 5.74) is 6.35. The smallest absolute Gasteiger partial charge is 0.235 e. The van der Waals surface area contributed by atoms with Gasteiger partial charge in [-0.05, 0) is 19.4 Å². The lowest BCUT2D eigenvalue weighted by atomic mass is 10.1. The van der Waals surface area contributed by atoms with Crippen LogP contribution in [0.25, 0.3) is 0 Å². The molecule has 2 rings (SSSR count). The van der Waals surface area contributed by atoms with Crippen molar-refractivity contribution in [2.45, 2.75) is 13.3 Å². The predicted molar refractivity (Wildman–Crippen MR) is 62.8 cm³/mol. The molecule has 6 nitrogen and oxygen atoms in total. The maximum absolute atomic E-state index is 11.8. The number of methoxy groups -OCH3 is 1. The lowest BCUT2D eigenvalue weighted by Crippen LogP contribution is -2.27. The topological polar surface area (TPSA) is 81.3 Å². The Morgan fingerprint density at radius 2 is 2.35 bits per heavy atom. The van der Waals surface area contributed by atoms with Crippen LogP contribution in [0.15, 0.2) is 6.07 Å². The Bertz CT molecular complexity index is 435. The van der Waals surface area contributed by atoms with E-state index < -0.39 is 0 Å². The van der Waals surface area contributed by atoms with Crippen LogP contribution in [0.5, 0.6) is 5.88 Å². The van der Waals surface area contributed by atoms with E-state index >= 15 is 0 Å². The Balaban J connectivity index is 2.28. The second kappa shape index (κ2) is 4.67. The number of aryl methyl sites for hydroxylation is 1. The molecule has 0 radical (unpaired) electrons. The number of aromatic nitrogens is 2. The fourth-order valence-electron chi connectivity index (χ4n) is 1.88. The van der Waals surface area contributed by atoms with Gasteiger partial charge in [0, 0.05) is 24.7 Å². The van der Waals surface area contributed by atoms with Crippen LogP contribution in [0.4, 0.5) is 5.95 Å². The van der Waals surface area contributed by atoms with Crippen LogP contribution in [0.2, 0.25) is 0 Å². The Morgan fingerprint density at radius 3 is 2.94 bits per heavy atom. The number of carbonyl (C=O) groups excluding carboxylic acids is 1. The van der Waals surface area contributed by atoms with Crippen molar-refractivity contribution in [3.05, 3.63) is 11.8 Å². The van der Waals surface area contributed by atoms with Crippen molar-refractivity contribution in [3.63, 3.8) is 0 Å². The van der Waals surface area contributed by atoms with Crippen LogP contribution in [0, 0.1) is 12.8 Å². The molecule has 92 valence electrons. The minimum Gasteiger partial charge on any atom is -0.481 e. The molecule has 17 heavy (non-hydrogen) atoms. The van der Waals surface area contributed by atoms with Crippen molar-refractivity contribution in [3.8, 4) is 5.88 Å². The maximum atomic E-state index is 11.8. The van der Waals surface area contributed by atoms with E-state index in [0.717, 1.165) is 5.69 Å². The van der Waals surface area contributed by atoms with Crippen LogP contribution < -0.4 is 15.4 Å². The molecule has 1 atom stereocenters. The molecule has 0 aliphatic carbocycles. The van der Waals surface area contributed by atoms with E-state index in [9.17, 15) is 4.79 Å². The summed E-state index contributed by atoms with van der Waals surface area (Å²) in [5, 5.41) is 0. The summed E-state index contributed by atoms with van der Waals surface area (Å²) in [4.78, 5) is 21.8. The van der Waals surface area contributed by atoms with E-state index in [1.165, 1.54) is 0 Å². The first-order valence-electron chi connectivity index (χ1n) is 5.54. The molecule has 1 unspecified atom stereocenters. The summed E-state index contributed by atoms with van der Waals surface area (Å²) in [6, 6.07) is 1.73. The third-order valence-electron chi connectivity index (χ3n) is 2.81. The Hall–Kier alpha value is -1.69. The normalized spacial score (nSPS) is 19.8. The first-order chi connectivity index (χ1) is 8.13. The number of amides is 1. The zero-order chi connectivity index (χ0) is 12.4. The second-order valence-corrected chi connectivity index (χ2v) is 4.16. The first-order valence-corrected chi connectivity index (χ1v) is 5.54. The molecule has 1 aromatic rings. The van der Waals surface area contributed by atoms with Gasteiger partial charge in [0.1, 0.15) is 0 Å². The van der Waals surface area contributed by atoms with Gasteiger partial charge in [0.15, 0.2) is 0 Å². The van der Waals surface area contributed by atoms with Crippen molar-refractivity contribution < 1.29 is 9.53 Å². The van der Waals surface area contributed by atoms with Crippen molar-refractivity contribution in [2.24, 2.45) is 11.7 Å². The minimum absolute atomic E-state index is 0.0214. The molecule has 1 fully saturated rings. The average Bonchev–Trinajstić information content (AvgIpc) is 2.69. The molecule has 1 aliphatic rings. The van der Waals surface area contributed by atoms with Gasteiger partial charge in [0.2, 0.25) is 17.7 Å². The number of nitrogens with zero attached hydrogens (tertiary/aromatic N) is 3. The van der Waals surface area contributed by atoms with Crippen LogP contribution in [-0.4, -0.2) is 36.1 Å². The first kappa shape index (κ1) is 11.8. The van der Waals surface area contributed by atoms with Crippen molar-refractivity contribution in [2.75, 3.05) is 25.1 Å². The van der Waals surface area contributed by atoms with E-state index in [1.807, 2.05) is 6.92 Å². The molecule has 6 heteroatoms. The largest absolute Gasteiger partial charge is 0.481 e. The number of anilines is 1. The number of carbonyl (C=O) groups is 1. The van der Waals surface area contributed by atoms with E-state index in [4.69, 9.17) is 10.5 Å². The van der Waals surface area contributed by atoms with E-state index in [0.29, 0.717) is 31.3 Å². The summed E-state index contributed by atoms with van der Waals surface area (Å²) in [7, 11) is 1.54. The number of hydrogen-bond donors (Lipinski definition) is 1. The summed E-state index contributed by atoms with van der Waals surface area (Å²) in [5.74, 6) is 1.09. The molecule has 2 heterocycles. The minimum atomic E-state index is 0.0214. The van der Waals surface area contributed by atoms with Crippen molar-refractivity contribution in [1.29, 1.82) is 0 Å². The molecule has 0 saturated carbocycles. The van der Waals surface area contributed by atoms with Crippen LogP contribution in [-0.2, 0) is 4.79 Å². The van der Waals surface area contributed by atoms with Gasteiger partial charge < -0.3 is 10.5 Å². The van der Waals surface area contributed by atoms with Gasteiger partial charge in [0.05, 0.1) is 7.11 Å². The summed E-state index contributed by atoms with van der Waals surface area (Å²) < 4.78 is 5.07. The predicted octanol–water partition coefficient (Wildman–Crippen LogP) is 0.105. The summed E-state index contributed by atoms with van der Waals surface area (Å²) in [6.45, 7) is 2.93. The second-order valence-electron chi connectivity index (χ2n) is 4.16. The molecular formula is C11H16N4O2. The van der Waals surface area contributed by atoms with Gasteiger partial charge in [-0.1, -0.05) is 0 Å². The monoisotopic (exact) mass is 236 g/mol. The third-order valence-corrected chi connectivity index (χ3v) is 2.81. The van der Waals surface area contributed by atoms with Crippen LogP contribution in [0.3, 0.4) is 0 Å². The quantitative estimate of drug-likeness (QED) is 0.805. The van der Waals surface area contributed by atoms with Crippen LogP contribution >= 0.6 is 0 Å². The standard InChI is InChI=1S/C11H16N4O2/c1-7-3-9(17-2)14-11(13-7)15-6-8(5-12)4-10(15)16/h3,8H,4-6,12H2,1-2H3. The molecule has 0 bridgehead atoms. The fraction of sp³-hybridized carbons (Fsp3) is 0.545. The van der Waals surface area contributed by atoms with Gasteiger partial charge in [-0.3, -0.25) is 9.69 Å². The number of nitrogens with two attached hydrogens (primary N) is 1. The fourth-order valence-corrected chi connectivity index (χ4v) is 1.88. The molecule has 0 spiro atoms. The Morgan fingerprint density at radius 1 is 1.59 bits per heavy atom. The zero-order valence-electron chi connectivity index (χ0n) is 10.0. The molecule has 1 saturated heterocycles. The summed E-state index contributed by atoms with van der Waals surface area (Å²) >= 11 is 0. The molecule has 1 aliphatic heterocycles. The van der Waals surface area contributed by atoms with Gasteiger partial charge in [-0.15, -0.1) is 0 Å². The average molecular weight is 236 g/mol. The van der Waals surface area contributed by atoms with Gasteiger partial charge in [0.25, 0.3) is 0 Å². The molecule has 1 aromatic heterocycles. The summed E-state index contributed by atoms with van der Waals surface area (Å²) in [6.07, 6.45) is 0.468. The van der Waals surface area contributed by atoms with E-state index in [-0.39, 0.29) is 11.8 Å². The molecule has 2 N–H and O–H groups in total. The highest BCUT2D eigenvalue weighted by atomic mass is 16.5. The van der Waals surface area contributed by atoms with Gasteiger partial charge >= 0.3 is 0 Å². The molecule has 1 amide bonds. The maximum Gasteiger partial charge on any atom is 0.235 e. The van der Waals surface area contributed by atoms with Crippen molar-refractivity contribution in [1.82, 2.24) is 9.97 Å². The SMILES string of the molecule is COc1cc(C)nc(N2CC(CN)CC2=O)n1. The number of hydrogen-bond acceptors (Lipinski definition) is 5. The highest BCUT2D eigenvalue weighted by molar-refractivity contribution is 5.94. The lowest BCUT2D eigenvalue weighted by molar-refractivity contribution is -0.117. The highest BCUT2D eigenvalue weighted by Crippen LogP contribution is 2.23. The van der Waals surface area contributed by atoms with Crippen molar-refractivity contribution >= 4 is 11.9 Å². The molecule has 0 aromatic carbocycles. The Labute approximate surface area is 99.8 Å². The van der Waals surface area contributed by atoms with Crippen LogP contribution in [0.1, 0.15) is 12.1 Å². The van der Waals surface area contributed by atoms with Gasteiger partial charge in [-0.2, -0.15) is 4.98 Å². The third kappa shape index (κ3) is 2.36. The molecular weight excluding hydrogens is 220 g/mol. The highest BCUT2D eigenvalue weighted by Gasteiger charge is 2.31. The van der Waals surface area contributed by atoms with E-state index in [2.05, 4.69) is 9.97 Å². The van der Waals surface area contributed by atoms with E-state index in [1.54, 1.807) is 18.1 Å². The zero-order valence-corrected chi connectivity index (χ0v) is 10.0. The van der Waals surface area contributed by atoms with Gasteiger partial charge in [-0.25, -0.2) is 4.98 Å². The number of ether oxygens (including phenoxy) is 1. The number of rotatable bonds is 3.